The van der Waals surface area contributed by atoms with Crippen LogP contribution in [0.5, 0.6) is 0 Å². The van der Waals surface area contributed by atoms with Gasteiger partial charge in [-0.2, -0.15) is 0 Å². The Hall–Kier alpha value is -1.20. The third kappa shape index (κ3) is 2.73. The summed E-state index contributed by atoms with van der Waals surface area (Å²) in [4.78, 5) is 4.16. The Morgan fingerprint density at radius 2 is 2.06 bits per heavy atom. The van der Waals surface area contributed by atoms with E-state index in [1.807, 2.05) is 38.1 Å². The van der Waals surface area contributed by atoms with Crippen LogP contribution in [0.25, 0.3) is 10.2 Å². The molecular weight excluding hydrogens is 254 g/mol. The zero-order valence-corrected chi connectivity index (χ0v) is 11.3. The average molecular weight is 267 g/mol. The average Bonchev–Trinajstić information content (AvgIpc) is 2.71. The number of fused-ring (bicyclic) bond motifs is 1. The number of aromatic nitrogens is 1. The number of sulfone groups is 1. The fourth-order valence-electron chi connectivity index (χ4n) is 1.33. The van der Waals surface area contributed by atoms with Crippen LogP contribution in [0.1, 0.15) is 13.8 Å². The van der Waals surface area contributed by atoms with Gasteiger partial charge < -0.3 is 0 Å². The highest BCUT2D eigenvalue weighted by Crippen LogP contribution is 2.25. The summed E-state index contributed by atoms with van der Waals surface area (Å²) in [7, 11) is -3.29. The molecule has 1 aromatic carbocycles. The van der Waals surface area contributed by atoms with Crippen molar-refractivity contribution in [2.24, 2.45) is 0 Å². The number of hydrogen-bond acceptors (Lipinski definition) is 4. The molecule has 0 saturated heterocycles. The molecule has 0 aliphatic rings. The first-order valence-electron chi connectivity index (χ1n) is 5.21. The van der Waals surface area contributed by atoms with Gasteiger partial charge >= 0.3 is 0 Å². The van der Waals surface area contributed by atoms with Crippen LogP contribution in [-0.2, 0) is 9.84 Å². The molecule has 5 heteroatoms. The molecule has 90 valence electrons. The van der Waals surface area contributed by atoms with Gasteiger partial charge in [0.2, 0.25) is 14.2 Å². The summed E-state index contributed by atoms with van der Waals surface area (Å²) in [6.07, 6.45) is 1.71. The lowest BCUT2D eigenvalue weighted by Gasteiger charge is -1.95. The first-order chi connectivity index (χ1) is 7.99. The largest absolute Gasteiger partial charge is 0.225 e. The van der Waals surface area contributed by atoms with Crippen LogP contribution in [0, 0.1) is 0 Å². The molecule has 1 heterocycles. The van der Waals surface area contributed by atoms with E-state index in [0.717, 1.165) is 15.8 Å². The highest BCUT2D eigenvalue weighted by atomic mass is 32.2. The number of para-hydroxylation sites is 1. The van der Waals surface area contributed by atoms with Gasteiger partial charge in [-0.25, -0.2) is 13.4 Å². The topological polar surface area (TPSA) is 47.0 Å². The minimum absolute atomic E-state index is 0.0230. The predicted octanol–water partition coefficient (Wildman–Crippen LogP) is 3.04. The van der Waals surface area contributed by atoms with Crippen LogP contribution in [-0.4, -0.2) is 19.2 Å². The van der Waals surface area contributed by atoms with Gasteiger partial charge in [0.25, 0.3) is 0 Å². The molecule has 0 aliphatic heterocycles. The van der Waals surface area contributed by atoms with Crippen molar-refractivity contribution < 1.29 is 8.42 Å². The lowest BCUT2D eigenvalue weighted by Crippen LogP contribution is -2.04. The van der Waals surface area contributed by atoms with Crippen LogP contribution in [0.2, 0.25) is 0 Å². The normalized spacial score (nSPS) is 11.6. The first-order valence-corrected chi connectivity index (χ1v) is 7.67. The second-order valence-electron chi connectivity index (χ2n) is 4.01. The van der Waals surface area contributed by atoms with Crippen molar-refractivity contribution in [3.05, 3.63) is 35.9 Å². The van der Waals surface area contributed by atoms with Crippen molar-refractivity contribution in [1.29, 1.82) is 0 Å². The maximum atomic E-state index is 12.0. The highest BCUT2D eigenvalue weighted by molar-refractivity contribution is 7.93. The Morgan fingerprint density at radius 3 is 2.71 bits per heavy atom. The number of nitrogens with zero attached hydrogens (tertiary/aromatic N) is 1. The molecule has 0 atom stereocenters. The van der Waals surface area contributed by atoms with Crippen LogP contribution in [0.15, 0.2) is 40.3 Å². The van der Waals surface area contributed by atoms with E-state index >= 15 is 0 Å². The lowest BCUT2D eigenvalue weighted by atomic mass is 10.3. The van der Waals surface area contributed by atoms with E-state index in [0.29, 0.717) is 0 Å². The van der Waals surface area contributed by atoms with E-state index in [2.05, 4.69) is 4.98 Å². The van der Waals surface area contributed by atoms with Crippen LogP contribution >= 0.6 is 11.3 Å². The van der Waals surface area contributed by atoms with Crippen molar-refractivity contribution >= 4 is 31.4 Å². The molecule has 17 heavy (non-hydrogen) atoms. The first kappa shape index (κ1) is 12.3. The molecule has 0 radical (unpaired) electrons. The Kier molecular flexibility index (Phi) is 3.31. The van der Waals surface area contributed by atoms with Gasteiger partial charge in [-0.3, -0.25) is 0 Å². The molecule has 0 amide bonds. The maximum Gasteiger partial charge on any atom is 0.210 e. The third-order valence-electron chi connectivity index (χ3n) is 2.25. The van der Waals surface area contributed by atoms with Crippen LogP contribution in [0.3, 0.4) is 0 Å². The van der Waals surface area contributed by atoms with Gasteiger partial charge in [0, 0.05) is 0 Å². The molecule has 0 unspecified atom stereocenters. The molecule has 0 aliphatic carbocycles. The second kappa shape index (κ2) is 4.58. The van der Waals surface area contributed by atoms with Gasteiger partial charge in [0.1, 0.15) is 0 Å². The van der Waals surface area contributed by atoms with E-state index in [-0.39, 0.29) is 10.1 Å². The molecule has 0 bridgehead atoms. The van der Waals surface area contributed by atoms with Gasteiger partial charge in [-0.15, -0.1) is 11.3 Å². The van der Waals surface area contributed by atoms with Crippen LogP contribution in [0.4, 0.5) is 0 Å². The van der Waals surface area contributed by atoms with Crippen molar-refractivity contribution in [3.63, 3.8) is 0 Å². The van der Waals surface area contributed by atoms with Crippen molar-refractivity contribution in [3.8, 4) is 0 Å². The molecule has 0 spiro atoms. The minimum atomic E-state index is -3.29. The number of benzene rings is 1. The summed E-state index contributed by atoms with van der Waals surface area (Å²) in [5.41, 5.74) is 1.74. The number of allylic oxidation sites excluding steroid dienone is 1. The molecule has 2 aromatic rings. The quantitative estimate of drug-likeness (QED) is 0.803. The Morgan fingerprint density at radius 1 is 1.35 bits per heavy atom. The SMILES string of the molecule is CC(C)=CCS(=O)(=O)c1nc2ccccc2s1. The van der Waals surface area contributed by atoms with E-state index < -0.39 is 9.84 Å². The van der Waals surface area contributed by atoms with E-state index in [9.17, 15) is 8.42 Å². The van der Waals surface area contributed by atoms with E-state index in [4.69, 9.17) is 0 Å². The van der Waals surface area contributed by atoms with Crippen molar-refractivity contribution in [1.82, 2.24) is 4.98 Å². The molecule has 2 rings (SSSR count). The van der Waals surface area contributed by atoms with E-state index in [1.54, 1.807) is 6.08 Å². The van der Waals surface area contributed by atoms with Crippen molar-refractivity contribution in [2.75, 3.05) is 5.75 Å². The number of hydrogen-bond donors (Lipinski definition) is 0. The summed E-state index contributed by atoms with van der Waals surface area (Å²) in [5.74, 6) is 0.0230. The zero-order chi connectivity index (χ0) is 12.5. The van der Waals surface area contributed by atoms with Crippen LogP contribution < -0.4 is 0 Å². The Labute approximate surface area is 105 Å². The smallest absolute Gasteiger partial charge is 0.210 e. The second-order valence-corrected chi connectivity index (χ2v) is 7.25. The fourth-order valence-corrected chi connectivity index (χ4v) is 3.94. The summed E-state index contributed by atoms with van der Waals surface area (Å²) in [6.45, 7) is 3.77. The summed E-state index contributed by atoms with van der Waals surface area (Å²) < 4.78 is 25.1. The van der Waals surface area contributed by atoms with Gasteiger partial charge in [-0.05, 0) is 26.0 Å². The molecule has 1 aromatic heterocycles. The highest BCUT2D eigenvalue weighted by Gasteiger charge is 2.17. The van der Waals surface area contributed by atoms with E-state index in [1.165, 1.54) is 11.3 Å². The standard InChI is InChI=1S/C12H13NO2S2/c1-9(2)7-8-17(14,15)12-13-10-5-3-4-6-11(10)16-12/h3-7H,8H2,1-2H3. The predicted molar refractivity (Wildman–Crippen MR) is 71.1 cm³/mol. The zero-order valence-electron chi connectivity index (χ0n) is 9.67. The Bertz CT molecular complexity index is 632. The monoisotopic (exact) mass is 267 g/mol. The molecule has 0 N–H and O–H groups in total. The van der Waals surface area contributed by atoms with Gasteiger partial charge in [0.05, 0.1) is 16.0 Å². The fraction of sp³-hybridized carbons (Fsp3) is 0.250. The summed E-state index contributed by atoms with van der Waals surface area (Å²) >= 11 is 1.23. The van der Waals surface area contributed by atoms with Crippen molar-refractivity contribution in [2.45, 2.75) is 18.2 Å². The molecule has 0 fully saturated rings. The Balaban J connectivity index is 2.42. The molecule has 0 saturated carbocycles. The number of thiazole rings is 1. The summed E-state index contributed by atoms with van der Waals surface area (Å²) in [5, 5.41) is 0. The van der Waals surface area contributed by atoms with Gasteiger partial charge in [0.15, 0.2) is 0 Å². The molecular formula is C12H13NO2S2. The third-order valence-corrected chi connectivity index (χ3v) is 5.32. The van der Waals surface area contributed by atoms with Gasteiger partial charge in [-0.1, -0.05) is 23.8 Å². The molecule has 3 nitrogen and oxygen atoms in total. The minimum Gasteiger partial charge on any atom is -0.225 e. The maximum absolute atomic E-state index is 12.0. The summed E-state index contributed by atoms with van der Waals surface area (Å²) in [6, 6.07) is 7.44. The number of rotatable bonds is 3. The lowest BCUT2D eigenvalue weighted by molar-refractivity contribution is 0.598.